The minimum absolute atomic E-state index is 0. The van der Waals surface area contributed by atoms with E-state index in [-0.39, 0.29) is 91.3 Å². The molecule has 8 aliphatic heterocycles. The molecule has 18 atom stereocenters. The van der Waals surface area contributed by atoms with Crippen molar-refractivity contribution in [3.8, 4) is 33.4 Å². The summed E-state index contributed by atoms with van der Waals surface area (Å²) in [5.41, 5.74) is 7.61. The smallest absolute Gasteiger partial charge is 0.338 e. The molecule has 0 aliphatic carbocycles. The van der Waals surface area contributed by atoms with Crippen molar-refractivity contribution >= 4 is 23.6 Å². The summed E-state index contributed by atoms with van der Waals surface area (Å²) < 4.78 is 804. The number of hydrogen-bond acceptors (Lipinski definition) is 24. The summed E-state index contributed by atoms with van der Waals surface area (Å²) in [5.74, 6) is -2.84. The van der Waals surface area contributed by atoms with Crippen LogP contribution >= 0.6 is 0 Å². The van der Waals surface area contributed by atoms with E-state index in [1.165, 1.54) is 64.5 Å². The van der Waals surface area contributed by atoms with Gasteiger partial charge in [-0.1, -0.05) is 97.6 Å². The molecular weight excluding hydrogens is 1690 g/mol. The number of hydrogen-bond donors (Lipinski definition) is 6. The fourth-order valence-electron chi connectivity index (χ4n) is 19.2. The number of benzene rings is 6. The largest absolute Gasteiger partial charge is 0.487 e. The molecule has 0 aromatic heterocycles. The lowest BCUT2D eigenvalue weighted by atomic mass is 9.84. The zero-order valence-electron chi connectivity index (χ0n) is 214. The third-order valence-electron chi connectivity index (χ3n) is 24.9. The third-order valence-corrected chi connectivity index (χ3v) is 24.9. The SMILES string of the molecule is C=C1OC(C)(C)[C@H](OC)[C@H]2OC(C)(C)O[C@@H]12.COC1C(O)C(O)C(Cc2ccc(CCCC(C)=O)c(-c3cccc(F)c3)c2)OC1(C)C.COC1C(O)C(O)C(Cc2ccc(CCNC(C)=O)c(-c3cccc(F)c3)c2)OC1(C)C.CO[C@@H]1[C@H]2OC(C)(C)O[C@H]2C(=O)OC1(C)C.CO[C@@H]1[C@H]2OC(C)(C)O[C@H]2C(Cc2ccc(CCNC(C)=O)c(-c3cccc(F)c3)c2)OC1(C)C.[3HH].[3H][3H].[3H][3H].[3H][3H].[3H][3H].[3H][3H].[3H][3H].[3H][3H].[3H][3H].[3H][3H].[3H][3H].[3H][3H].[3H][3H].[3H][3H].[3H][3H].[3H][3H].[3H][3H].[3H][3H].[3H][3H].[3H][3H].[3H][3H].[3H][3H].[3H][3H].[3H][3H].[3H][3H].[3H][3H].[3H][3H].[3H][3H].[3H][3H].[3H][3H].[3H][3H].[3H][3H].[3H][3H].[3H][3H].[3H][3H].[3H][3H].[3H][3H].[3H][3H].[3H][3H].[3H][3H].[3H][3H].[3H][3H].[3H][3H].[3H][3H].[3H][3H].[3H][3H].[3H][3H].[3H][3H].[3H][3H].[3H][3H].[3H][3H].[3H][3H].[3H][3H].[3H][3H].[3H][3H].[3H][3H].[3H][3H].[3H][3H].[3H][3H].[3H][3H].[3H][3H].[3H][3H].[3H][3H].[3H][3H].[3H][3H].[3H][3H].[3H][3H].[3H][3H]. The molecular formula is C102H275F3N2O24. The monoisotopic (exact) mass is 2240 g/mol. The Hall–Kier alpha value is -7.99. The summed E-state index contributed by atoms with van der Waals surface area (Å²) in [6.45, 7) is 39.5. The van der Waals surface area contributed by atoms with Crippen molar-refractivity contribution in [2.45, 2.75) is 338 Å². The molecule has 8 aliphatic rings. The number of esters is 1. The van der Waals surface area contributed by atoms with E-state index >= 15 is 0 Å². The van der Waals surface area contributed by atoms with E-state index in [4.69, 9.17) is 275 Å². The third kappa shape index (κ3) is 26.4. The van der Waals surface area contributed by atoms with Crippen LogP contribution in [0.4, 0.5) is 13.2 Å². The van der Waals surface area contributed by atoms with Gasteiger partial charge >= 0.3 is 5.97 Å². The molecule has 2 amide bonds. The van der Waals surface area contributed by atoms with Crippen LogP contribution in [0.5, 0.6) is 0 Å². The lowest BCUT2D eigenvalue weighted by molar-refractivity contribution is -0.262. The number of Topliss-reactive ketones (excluding diaryl/α,β-unsaturated/α-hetero) is 1. The van der Waals surface area contributed by atoms with Gasteiger partial charge in [-0.3, -0.25) is 9.59 Å². The number of amides is 2. The number of aryl methyl sites for hydroxylation is 1. The Morgan fingerprint density at radius 2 is 0.725 bits per heavy atom. The number of rotatable bonds is 24. The van der Waals surface area contributed by atoms with Crippen LogP contribution in [0.15, 0.2) is 140 Å². The van der Waals surface area contributed by atoms with E-state index < -0.39 is 106 Å². The molecule has 8 fully saturated rings. The van der Waals surface area contributed by atoms with Gasteiger partial charge in [-0.15, -0.1) is 0 Å². The molecule has 29 heteroatoms. The van der Waals surface area contributed by atoms with E-state index in [1.807, 2.05) is 152 Å². The molecule has 26 nitrogen and oxygen atoms in total. The second-order valence-corrected chi connectivity index (χ2v) is 39.0. The number of aliphatic hydroxyl groups excluding tert-OH is 4. The van der Waals surface area contributed by atoms with Crippen molar-refractivity contribution in [3.05, 3.63) is 191 Å². The van der Waals surface area contributed by atoms with Crippen molar-refractivity contribution in [2.75, 3.05) is 48.6 Å². The van der Waals surface area contributed by atoms with Crippen LogP contribution in [0.1, 0.15) is 378 Å². The van der Waals surface area contributed by atoms with Crippen LogP contribution in [-0.2, 0) is 133 Å². The number of carbonyl (C=O) groups excluding carboxylic acids is 4. The molecule has 0 spiro atoms. The Balaban J connectivity index is -0.0000000307. The lowest BCUT2D eigenvalue weighted by Crippen LogP contribution is -2.63. The Labute approximate surface area is 978 Å². The van der Waals surface area contributed by atoms with Gasteiger partial charge in [0.05, 0.1) is 35.1 Å². The molecule has 6 aromatic rings. The summed E-state index contributed by atoms with van der Waals surface area (Å²) in [4.78, 5) is 45.7. The first-order chi connectivity index (χ1) is 128. The van der Waals surface area contributed by atoms with E-state index in [9.17, 15) is 52.8 Å². The molecule has 858 valence electrons. The average molecular weight is 2240 g/mol. The number of nitrogens with one attached hydrogen (secondary N) is 2. The highest BCUT2D eigenvalue weighted by Gasteiger charge is 2.61. The number of ether oxygens (including phenoxy) is 16. The predicted molar refractivity (Wildman–Crippen MR) is 630 cm³/mol. The second kappa shape index (κ2) is 43.4. The van der Waals surface area contributed by atoms with Crippen molar-refractivity contribution in [2.24, 2.45) is 0 Å². The first kappa shape index (κ1) is 46.2. The number of fused-ring (bicyclic) bond motifs is 3. The van der Waals surface area contributed by atoms with Gasteiger partial charge in [0.1, 0.15) is 126 Å². The van der Waals surface area contributed by atoms with Crippen molar-refractivity contribution in [3.63, 3.8) is 0 Å². The summed E-state index contributed by atoms with van der Waals surface area (Å²) >= 11 is 0. The topological polar surface area (TPSA) is 321 Å². The molecule has 6 aromatic carbocycles. The Kier molecular flexibility index (Phi) is 15.3. The number of methoxy groups -OCH3 is 5. The van der Waals surface area contributed by atoms with Crippen molar-refractivity contribution in [1.82, 2.24) is 10.6 Å². The first-order valence-electron chi connectivity index (χ1n) is 112. The molecule has 131 heavy (non-hydrogen) atoms. The van der Waals surface area contributed by atoms with Crippen molar-refractivity contribution < 1.29 is 329 Å². The van der Waals surface area contributed by atoms with E-state index in [2.05, 4.69) is 35.4 Å². The van der Waals surface area contributed by atoms with Gasteiger partial charge in [-0.05, 0) is 247 Å². The van der Waals surface area contributed by atoms with Gasteiger partial charge in [0.15, 0.2) is 23.5 Å². The lowest BCUT2D eigenvalue weighted by Gasteiger charge is -2.47. The van der Waals surface area contributed by atoms with Gasteiger partial charge in [0.25, 0.3) is 0 Å². The van der Waals surface area contributed by atoms with Gasteiger partial charge < -0.3 is 112 Å². The number of cyclic esters (lactones) is 1. The minimum atomic E-state index is -1.11. The van der Waals surface area contributed by atoms with Gasteiger partial charge in [0, 0.05) is 289 Å². The minimum Gasteiger partial charge on any atom is -0.487 e. The molecule has 9 unspecified atom stereocenters. The molecule has 0 radical (unpaired) electrons. The van der Waals surface area contributed by atoms with Gasteiger partial charge in [0.2, 0.25) is 11.8 Å². The molecule has 14 rings (SSSR count). The summed E-state index contributed by atoms with van der Waals surface area (Å²) in [6.07, 6.45) is -5.36. The fraction of sp³-hybridized carbons (Fsp3) is 0.588. The quantitative estimate of drug-likeness (QED) is 0.0307. The van der Waals surface area contributed by atoms with Gasteiger partial charge in [-0.25, -0.2) is 18.0 Å². The number of carbonyl (C=O) groups is 4. The molecule has 0 bridgehead atoms. The average Bonchev–Trinajstić information content (AvgIpc) is 1.59. The Bertz CT molecular complexity index is 4950. The van der Waals surface area contributed by atoms with Crippen LogP contribution in [0.3, 0.4) is 0 Å². The Morgan fingerprint density at radius 3 is 1.11 bits per heavy atom. The highest BCUT2D eigenvalue weighted by molar-refractivity contribution is 5.78. The standard InChI is InChI=1S/C28H36FNO5.C26H33FO5.C25H32FNO5.C12H20O4.C11H18O5.68H2/c1-17(31)30-13-12-19-11-10-18(14-22(19)20-8-7-9-21(29)16-20)15-23-24-25(35-28(4,5)34-24)26(32-6)27(2,3)33-23;1-16(28)7-5-8-18-12-11-17(13-21(18)19-9-6-10-20(27)15-19)14-22-23(29)24(30)25(31-4)26(2,3)32-22;1-15(28)27-11-10-17-9-8-16(12-20(17)18-6-5-7-19(26)14-18)13-21-22(29)23(30)24(31-4)25(2,3)32-21;1-7-8-9(16-12(4,5)15-8)10(13-6)11(2,3)14-7;1-10(2)8(13-5)6-7(9(12)16-10)15-11(3,4)14-6;;;;;;;;;;;;;;;;;;;;;;;;;;;;;;;;;;;;;;;;;;;;;;;;;;;;;;;;;;;;;;;;;;;;/h7-11,14,16,23-26H,12-13,15H2,1-6H3,(H,30,31);6,9-13,15,22-25,29-30H,5,7-8,14H2,1-4H3;5-9,12,14,21-24,29-30H,10-11,13H2,1-4H3,(H,27,28);8-10H,1H2,2-6H3;6-8H,1-5H3;68*1H/t23?,24-,25-,26+;;;8-,9-,10+;6-,7+,8+;;;;;;;;;;;;;;;;;;;;;;;;;;;;;;;;;;;;;;;;;;;;;;;;;;;;;;;;;;;;;;;;;;;;/m0..00..................................................................../s1/i;;;;;67*1+2T;1+2. The molecule has 8 saturated heterocycles. The molecule has 6 N–H and O–H groups in total. The zero-order valence-corrected chi connectivity index (χ0v) is 80.4. The normalized spacial score (nSPS) is 33.3. The molecule has 0 saturated carbocycles. The zero-order chi connectivity index (χ0) is 231. The first-order valence-corrected chi connectivity index (χ1v) is 45.0. The van der Waals surface area contributed by atoms with E-state index in [1.54, 1.807) is 60.3 Å². The summed E-state index contributed by atoms with van der Waals surface area (Å²) in [7, 11) is 7.89. The Morgan fingerprint density at radius 1 is 0.397 bits per heavy atom. The number of aliphatic hydroxyl groups is 4. The van der Waals surface area contributed by atoms with E-state index in [0.717, 1.165) is 73.2 Å². The van der Waals surface area contributed by atoms with Gasteiger partial charge in [-0.2, -0.15) is 0 Å². The maximum atomic E-state index is 14.1. The molecule has 8 heterocycles. The maximum absolute atomic E-state index is 14.1. The van der Waals surface area contributed by atoms with Crippen LogP contribution < -0.4 is 10.6 Å². The maximum Gasteiger partial charge on any atom is 0.338 e. The van der Waals surface area contributed by atoms with Crippen LogP contribution in [0, 0.1) is 17.5 Å². The highest BCUT2D eigenvalue weighted by Crippen LogP contribution is 2.47. The number of halogens is 3. The van der Waals surface area contributed by atoms with Crippen LogP contribution in [-0.4, -0.2) is 248 Å². The van der Waals surface area contributed by atoms with Crippen LogP contribution in [0.2, 0.25) is 0 Å². The summed E-state index contributed by atoms with van der Waals surface area (Å²) in [6, 6.07) is 37.4. The predicted octanol–water partition coefficient (Wildman–Crippen LogP) is 30.3. The fourth-order valence-corrected chi connectivity index (χ4v) is 19.2. The number of ketones is 1. The van der Waals surface area contributed by atoms with E-state index in [0.29, 0.717) is 63.8 Å². The highest BCUT2D eigenvalue weighted by atomic mass is 19.1. The van der Waals surface area contributed by atoms with Crippen molar-refractivity contribution in [1.29, 1.82) is 0 Å². The second-order valence-electron chi connectivity index (χ2n) is 39.0. The summed E-state index contributed by atoms with van der Waals surface area (Å²) in [5, 5.41) is 48.0. The van der Waals surface area contributed by atoms with Crippen LogP contribution in [0.25, 0.3) is 33.4 Å².